The summed E-state index contributed by atoms with van der Waals surface area (Å²) in [6.45, 7) is 0.667. The molecule has 128 valence electrons. The van der Waals surface area contributed by atoms with Gasteiger partial charge in [-0.2, -0.15) is 12.6 Å². The predicted molar refractivity (Wildman–Crippen MR) is 96.2 cm³/mol. The van der Waals surface area contributed by atoms with E-state index in [2.05, 4.69) is 23.3 Å². The van der Waals surface area contributed by atoms with Crippen LogP contribution in [0.15, 0.2) is 12.2 Å². The summed E-state index contributed by atoms with van der Waals surface area (Å²) in [6, 6.07) is 0. The smallest absolute Gasteiger partial charge is 0.243 e. The number of allylic oxidation sites excluding steroid dienone is 1. The molecule has 2 amide bonds. The van der Waals surface area contributed by atoms with E-state index in [0.717, 1.165) is 25.7 Å². The number of hydrogen-bond acceptors (Lipinski definition) is 3. The Kier molecular flexibility index (Phi) is 15.7. The average molecular weight is 329 g/mol. The molecule has 0 aromatic carbocycles. The summed E-state index contributed by atoms with van der Waals surface area (Å²) in [7, 11) is 1.64. The lowest BCUT2D eigenvalue weighted by atomic mass is 10.1. The van der Waals surface area contributed by atoms with Gasteiger partial charge in [-0.25, -0.2) is 0 Å². The van der Waals surface area contributed by atoms with Gasteiger partial charge in [0.05, 0.1) is 0 Å². The van der Waals surface area contributed by atoms with Gasteiger partial charge in [0.25, 0.3) is 0 Å². The molecule has 0 aromatic rings. The number of carbonyl (C=O) groups excluding carboxylic acids is 2. The van der Waals surface area contributed by atoms with E-state index < -0.39 is 0 Å². The highest BCUT2D eigenvalue weighted by molar-refractivity contribution is 7.80. The molecule has 0 saturated heterocycles. The van der Waals surface area contributed by atoms with E-state index in [4.69, 9.17) is 0 Å². The van der Waals surface area contributed by atoms with Gasteiger partial charge >= 0.3 is 0 Å². The second-order valence-electron chi connectivity index (χ2n) is 5.46. The fourth-order valence-electron chi connectivity index (χ4n) is 2.17. The largest absolute Gasteiger partial charge is 0.356 e. The highest BCUT2D eigenvalue weighted by Gasteiger charge is 1.99. The molecular formula is C17H32N2O2S. The van der Waals surface area contributed by atoms with Crippen molar-refractivity contribution < 1.29 is 9.59 Å². The number of nitrogens with one attached hydrogen (secondary N) is 2. The fourth-order valence-corrected chi connectivity index (χ4v) is 2.28. The van der Waals surface area contributed by atoms with Gasteiger partial charge in [-0.3, -0.25) is 9.59 Å². The molecule has 0 spiro atoms. The highest BCUT2D eigenvalue weighted by atomic mass is 32.1. The van der Waals surface area contributed by atoms with Crippen LogP contribution in [-0.4, -0.2) is 31.2 Å². The number of likely N-dealkylation sites (N-methyl/N-ethyl adjacent to an activating group) is 1. The van der Waals surface area contributed by atoms with Crippen LogP contribution in [0.25, 0.3) is 0 Å². The first-order valence-corrected chi connectivity index (χ1v) is 9.09. The Labute approximate surface area is 140 Å². The first-order valence-electron chi connectivity index (χ1n) is 8.46. The van der Waals surface area contributed by atoms with Crippen molar-refractivity contribution in [1.29, 1.82) is 0 Å². The highest BCUT2D eigenvalue weighted by Crippen LogP contribution is 2.10. The zero-order chi connectivity index (χ0) is 16.5. The van der Waals surface area contributed by atoms with Crippen molar-refractivity contribution >= 4 is 24.4 Å². The molecule has 0 unspecified atom stereocenters. The molecule has 0 fully saturated rings. The first-order chi connectivity index (χ1) is 10.7. The summed E-state index contributed by atoms with van der Waals surface area (Å²) < 4.78 is 0. The summed E-state index contributed by atoms with van der Waals surface area (Å²) in [5.41, 5.74) is 0. The number of unbranched alkanes of at least 4 members (excludes halogenated alkanes) is 8. The second-order valence-corrected chi connectivity index (χ2v) is 5.90. The van der Waals surface area contributed by atoms with Gasteiger partial charge in [-0.1, -0.05) is 44.6 Å². The lowest BCUT2D eigenvalue weighted by molar-refractivity contribution is -0.121. The van der Waals surface area contributed by atoms with E-state index in [9.17, 15) is 9.59 Å². The summed E-state index contributed by atoms with van der Waals surface area (Å²) in [5, 5.41) is 5.40. The van der Waals surface area contributed by atoms with Crippen molar-refractivity contribution in [3.05, 3.63) is 12.2 Å². The van der Waals surface area contributed by atoms with Gasteiger partial charge in [0.1, 0.15) is 0 Å². The molecule has 0 aliphatic heterocycles. The minimum atomic E-state index is -0.0284. The van der Waals surface area contributed by atoms with Gasteiger partial charge < -0.3 is 10.6 Å². The third-order valence-corrected chi connectivity index (χ3v) is 3.70. The number of carbonyl (C=O) groups is 2. The van der Waals surface area contributed by atoms with Crippen LogP contribution < -0.4 is 10.6 Å². The van der Waals surface area contributed by atoms with Crippen LogP contribution in [-0.2, 0) is 9.59 Å². The third-order valence-electron chi connectivity index (χ3n) is 3.47. The summed E-state index contributed by atoms with van der Waals surface area (Å²) >= 11 is 4.06. The van der Waals surface area contributed by atoms with E-state index in [1.165, 1.54) is 32.1 Å². The maximum Gasteiger partial charge on any atom is 0.243 e. The molecule has 0 atom stereocenters. The monoisotopic (exact) mass is 328 g/mol. The first kappa shape index (κ1) is 21.0. The molecule has 0 rings (SSSR count). The fraction of sp³-hybridized carbons (Fsp3) is 0.765. The van der Waals surface area contributed by atoms with Gasteiger partial charge in [-0.15, -0.1) is 0 Å². The van der Waals surface area contributed by atoms with Gasteiger partial charge in [-0.05, 0) is 25.3 Å². The second kappa shape index (κ2) is 16.4. The molecule has 0 aliphatic carbocycles. The lowest BCUT2D eigenvalue weighted by Gasteiger charge is -2.03. The summed E-state index contributed by atoms with van der Waals surface area (Å²) in [5.74, 6) is 0.825. The van der Waals surface area contributed by atoms with Crippen LogP contribution >= 0.6 is 12.6 Å². The Balaban J connectivity index is 3.19. The van der Waals surface area contributed by atoms with E-state index >= 15 is 0 Å². The zero-order valence-electron chi connectivity index (χ0n) is 13.9. The predicted octanol–water partition coefficient (Wildman–Crippen LogP) is 3.24. The number of rotatable bonds is 14. The molecule has 2 N–H and O–H groups in total. The van der Waals surface area contributed by atoms with E-state index in [0.29, 0.717) is 18.7 Å². The van der Waals surface area contributed by atoms with Crippen LogP contribution in [0.2, 0.25) is 0 Å². The van der Waals surface area contributed by atoms with Gasteiger partial charge in [0, 0.05) is 25.8 Å². The van der Waals surface area contributed by atoms with Crippen molar-refractivity contribution in [3.8, 4) is 0 Å². The molecule has 5 heteroatoms. The van der Waals surface area contributed by atoms with Crippen molar-refractivity contribution in [2.45, 2.75) is 64.2 Å². The van der Waals surface area contributed by atoms with Gasteiger partial charge in [0.15, 0.2) is 0 Å². The SMILES string of the molecule is CNC(=O)/C=C/CCCCCCCCCCC(=O)NCCS. The molecule has 22 heavy (non-hydrogen) atoms. The van der Waals surface area contributed by atoms with Crippen LogP contribution in [0, 0.1) is 0 Å². The topological polar surface area (TPSA) is 58.2 Å². The van der Waals surface area contributed by atoms with E-state index in [1.54, 1.807) is 13.1 Å². The maximum absolute atomic E-state index is 11.3. The molecule has 0 aliphatic rings. The molecule has 0 bridgehead atoms. The standard InChI is InChI=1S/C17H32N2O2S/c1-18-16(20)12-10-8-6-4-2-3-5-7-9-11-13-17(21)19-14-15-22/h10,12,22H,2-9,11,13-15H2,1H3,(H,18,20)(H,19,21)/b12-10+. The molecular weight excluding hydrogens is 296 g/mol. The molecule has 4 nitrogen and oxygen atoms in total. The Morgan fingerprint density at radius 2 is 1.55 bits per heavy atom. The Bertz CT molecular complexity index is 320. The Morgan fingerprint density at radius 3 is 2.14 bits per heavy atom. The minimum absolute atomic E-state index is 0.0284. The summed E-state index contributed by atoms with van der Waals surface area (Å²) in [4.78, 5) is 22.3. The molecule has 0 heterocycles. The lowest BCUT2D eigenvalue weighted by Crippen LogP contribution is -2.24. The van der Waals surface area contributed by atoms with Crippen LogP contribution in [0.5, 0.6) is 0 Å². The zero-order valence-corrected chi connectivity index (χ0v) is 14.8. The quantitative estimate of drug-likeness (QED) is 0.260. The number of hydrogen-bond donors (Lipinski definition) is 3. The summed E-state index contributed by atoms with van der Waals surface area (Å²) in [6.07, 6.45) is 14.7. The van der Waals surface area contributed by atoms with E-state index in [1.807, 2.05) is 6.08 Å². The Hall–Kier alpha value is -0.970. The van der Waals surface area contributed by atoms with Crippen molar-refractivity contribution in [1.82, 2.24) is 10.6 Å². The normalized spacial score (nSPS) is 10.8. The Morgan fingerprint density at radius 1 is 0.955 bits per heavy atom. The van der Waals surface area contributed by atoms with E-state index in [-0.39, 0.29) is 11.8 Å². The van der Waals surface area contributed by atoms with Crippen molar-refractivity contribution in [3.63, 3.8) is 0 Å². The third kappa shape index (κ3) is 15.4. The van der Waals surface area contributed by atoms with Crippen molar-refractivity contribution in [2.75, 3.05) is 19.3 Å². The number of thiol groups is 1. The van der Waals surface area contributed by atoms with Crippen molar-refractivity contribution in [2.24, 2.45) is 0 Å². The maximum atomic E-state index is 11.3. The minimum Gasteiger partial charge on any atom is -0.356 e. The number of amides is 2. The molecule has 0 aromatic heterocycles. The van der Waals surface area contributed by atoms with Crippen LogP contribution in [0.4, 0.5) is 0 Å². The average Bonchev–Trinajstić information content (AvgIpc) is 2.53. The van der Waals surface area contributed by atoms with Gasteiger partial charge in [0.2, 0.25) is 11.8 Å². The van der Waals surface area contributed by atoms with Crippen LogP contribution in [0.1, 0.15) is 64.2 Å². The molecule has 0 saturated carbocycles. The molecule has 0 radical (unpaired) electrons. The van der Waals surface area contributed by atoms with Crippen LogP contribution in [0.3, 0.4) is 0 Å².